The Bertz CT molecular complexity index is 819. The summed E-state index contributed by atoms with van der Waals surface area (Å²) >= 11 is 0. The molecule has 3 heteroatoms. The molecule has 0 saturated heterocycles. The van der Waals surface area contributed by atoms with Gasteiger partial charge in [-0.25, -0.2) is 0 Å². The van der Waals surface area contributed by atoms with Crippen molar-refractivity contribution in [1.82, 2.24) is 0 Å². The second-order valence-corrected chi connectivity index (χ2v) is 9.74. The number of rotatable bonds is 14. The highest BCUT2D eigenvalue weighted by Gasteiger charge is 2.18. The van der Waals surface area contributed by atoms with E-state index >= 15 is 0 Å². The minimum absolute atomic E-state index is 0.142. The van der Waals surface area contributed by atoms with Crippen molar-refractivity contribution in [2.45, 2.75) is 90.8 Å². The maximum atomic E-state index is 12.6. The van der Waals surface area contributed by atoms with Gasteiger partial charge in [-0.2, -0.15) is 0 Å². The number of carbonyl (C=O) groups excluding carboxylic acids is 1. The molecule has 0 saturated carbocycles. The summed E-state index contributed by atoms with van der Waals surface area (Å²) in [5, 5.41) is 0. The van der Waals surface area contributed by atoms with Crippen molar-refractivity contribution in [3.63, 3.8) is 0 Å². The quantitative estimate of drug-likeness (QED) is 0.166. The van der Waals surface area contributed by atoms with Crippen LogP contribution in [0, 0.1) is 0 Å². The summed E-state index contributed by atoms with van der Waals surface area (Å²) in [5.74, 6) is 0.0713. The Morgan fingerprint density at radius 2 is 1.61 bits per heavy atom. The first-order chi connectivity index (χ1) is 15.9. The molecule has 0 radical (unpaired) electrons. The molecule has 0 aromatic heterocycles. The molecule has 2 aromatic rings. The van der Waals surface area contributed by atoms with Crippen LogP contribution >= 0.6 is 0 Å². The Labute approximate surface area is 201 Å². The first kappa shape index (κ1) is 26.9. The first-order valence-electron chi connectivity index (χ1n) is 12.5. The normalized spacial score (nSPS) is 13.0. The first-order valence-corrected chi connectivity index (χ1v) is 12.5. The number of unbranched alkanes of at least 4 members (excludes halogenated alkanes) is 3. The maximum Gasteiger partial charge on any atom is 0.310 e. The molecule has 0 N–H and O–H groups in total. The standard InChI is InChI=1S/C30H42O3/c1-5-6-7-10-17-26(23-29(31)33-30(2,3)4)22-28(27-18-13-9-14-19-27)20-21-32-24-25-15-11-8-12-16-25/h8-9,11-16,18-19,22,28H,5-7,10,17,20-21,23-24H2,1-4H3/b26-22-. The Balaban J connectivity index is 2.10. The van der Waals surface area contributed by atoms with E-state index in [1.807, 2.05) is 45.0 Å². The molecule has 0 aliphatic carbocycles. The summed E-state index contributed by atoms with van der Waals surface area (Å²) in [6.07, 6.45) is 9.21. The molecule has 0 spiro atoms. The van der Waals surface area contributed by atoms with E-state index in [-0.39, 0.29) is 11.9 Å². The van der Waals surface area contributed by atoms with E-state index in [1.54, 1.807) is 0 Å². The Morgan fingerprint density at radius 3 is 2.24 bits per heavy atom. The lowest BCUT2D eigenvalue weighted by atomic mass is 9.91. The average Bonchev–Trinajstić information content (AvgIpc) is 2.78. The minimum Gasteiger partial charge on any atom is -0.460 e. The molecule has 0 bridgehead atoms. The third-order valence-corrected chi connectivity index (χ3v) is 5.49. The summed E-state index contributed by atoms with van der Waals surface area (Å²) in [6, 6.07) is 20.8. The van der Waals surface area contributed by atoms with Gasteiger partial charge in [0.05, 0.1) is 13.0 Å². The van der Waals surface area contributed by atoms with Crippen molar-refractivity contribution in [3.8, 4) is 0 Å². The van der Waals surface area contributed by atoms with E-state index in [1.165, 1.54) is 36.0 Å². The van der Waals surface area contributed by atoms with Gasteiger partial charge in [-0.3, -0.25) is 4.79 Å². The Kier molecular flexibility index (Phi) is 12.0. The van der Waals surface area contributed by atoms with Crippen LogP contribution in [0.2, 0.25) is 0 Å². The highest BCUT2D eigenvalue weighted by molar-refractivity contribution is 5.73. The van der Waals surface area contributed by atoms with Gasteiger partial charge < -0.3 is 9.47 Å². The van der Waals surface area contributed by atoms with E-state index in [2.05, 4.69) is 49.4 Å². The van der Waals surface area contributed by atoms with E-state index in [9.17, 15) is 4.79 Å². The number of hydrogen-bond donors (Lipinski definition) is 0. The zero-order chi connectivity index (χ0) is 23.9. The zero-order valence-electron chi connectivity index (χ0n) is 21.0. The number of esters is 1. The lowest BCUT2D eigenvalue weighted by Crippen LogP contribution is -2.24. The van der Waals surface area contributed by atoms with Gasteiger partial charge in [0.2, 0.25) is 0 Å². The summed E-state index contributed by atoms with van der Waals surface area (Å²) in [4.78, 5) is 12.6. The van der Waals surface area contributed by atoms with Gasteiger partial charge >= 0.3 is 5.97 Å². The van der Waals surface area contributed by atoms with Gasteiger partial charge in [0.15, 0.2) is 0 Å². The number of carbonyl (C=O) groups is 1. The van der Waals surface area contributed by atoms with Gasteiger partial charge in [-0.15, -0.1) is 0 Å². The third kappa shape index (κ3) is 11.9. The summed E-state index contributed by atoms with van der Waals surface area (Å²) in [7, 11) is 0. The molecule has 0 aliphatic heterocycles. The van der Waals surface area contributed by atoms with Gasteiger partial charge in [-0.1, -0.05) is 98.5 Å². The van der Waals surface area contributed by atoms with Gasteiger partial charge in [0, 0.05) is 12.5 Å². The van der Waals surface area contributed by atoms with Crippen LogP contribution < -0.4 is 0 Å². The van der Waals surface area contributed by atoms with Crippen molar-refractivity contribution in [2.75, 3.05) is 6.61 Å². The topological polar surface area (TPSA) is 35.5 Å². The Morgan fingerprint density at radius 1 is 0.939 bits per heavy atom. The monoisotopic (exact) mass is 450 g/mol. The van der Waals surface area contributed by atoms with Crippen molar-refractivity contribution < 1.29 is 14.3 Å². The molecule has 3 nitrogen and oxygen atoms in total. The third-order valence-electron chi connectivity index (χ3n) is 5.49. The fourth-order valence-electron chi connectivity index (χ4n) is 3.88. The lowest BCUT2D eigenvalue weighted by Gasteiger charge is -2.21. The van der Waals surface area contributed by atoms with Crippen LogP contribution in [0.15, 0.2) is 72.3 Å². The molecule has 0 fully saturated rings. The molecule has 0 heterocycles. The molecule has 1 unspecified atom stereocenters. The predicted octanol–water partition coefficient (Wildman–Crippen LogP) is 8.01. The molecule has 0 aliphatic rings. The Hall–Kier alpha value is -2.39. The molecule has 2 aromatic carbocycles. The second kappa shape index (κ2) is 14.7. The molecule has 33 heavy (non-hydrogen) atoms. The smallest absolute Gasteiger partial charge is 0.310 e. The number of allylic oxidation sites excluding steroid dienone is 1. The van der Waals surface area contributed by atoms with E-state index < -0.39 is 5.60 Å². The minimum atomic E-state index is -0.464. The average molecular weight is 451 g/mol. The van der Waals surface area contributed by atoms with Gasteiger partial charge in [0.1, 0.15) is 5.60 Å². The SMILES string of the molecule is CCCCCC/C(=C/C(CCOCc1ccccc1)c1ccccc1)CC(=O)OC(C)(C)C. The molecule has 180 valence electrons. The number of hydrogen-bond acceptors (Lipinski definition) is 3. The molecule has 0 amide bonds. The highest BCUT2D eigenvalue weighted by atomic mass is 16.6. The number of benzene rings is 2. The lowest BCUT2D eigenvalue weighted by molar-refractivity contribution is -0.153. The predicted molar refractivity (Wildman–Crippen MR) is 137 cm³/mol. The van der Waals surface area contributed by atoms with Crippen LogP contribution in [0.25, 0.3) is 0 Å². The van der Waals surface area contributed by atoms with Crippen LogP contribution in [-0.2, 0) is 20.9 Å². The highest BCUT2D eigenvalue weighted by Crippen LogP contribution is 2.27. The van der Waals surface area contributed by atoms with Gasteiger partial charge in [0.25, 0.3) is 0 Å². The van der Waals surface area contributed by atoms with Crippen LogP contribution in [0.5, 0.6) is 0 Å². The second-order valence-electron chi connectivity index (χ2n) is 9.74. The molecular weight excluding hydrogens is 408 g/mol. The van der Waals surface area contributed by atoms with E-state index in [0.29, 0.717) is 19.6 Å². The molecule has 2 rings (SSSR count). The van der Waals surface area contributed by atoms with Crippen LogP contribution in [0.4, 0.5) is 0 Å². The van der Waals surface area contributed by atoms with Crippen molar-refractivity contribution >= 4 is 5.97 Å². The molecule has 1 atom stereocenters. The largest absolute Gasteiger partial charge is 0.460 e. The summed E-state index contributed by atoms with van der Waals surface area (Å²) < 4.78 is 11.6. The molecular formula is C30H42O3. The maximum absolute atomic E-state index is 12.6. The van der Waals surface area contributed by atoms with Crippen molar-refractivity contribution in [3.05, 3.63) is 83.4 Å². The van der Waals surface area contributed by atoms with Crippen LogP contribution in [0.1, 0.15) is 89.7 Å². The van der Waals surface area contributed by atoms with E-state index in [0.717, 1.165) is 19.3 Å². The van der Waals surface area contributed by atoms with Gasteiger partial charge in [-0.05, 0) is 51.2 Å². The van der Waals surface area contributed by atoms with Crippen LogP contribution in [-0.4, -0.2) is 18.2 Å². The van der Waals surface area contributed by atoms with Crippen molar-refractivity contribution in [1.29, 1.82) is 0 Å². The number of ether oxygens (including phenoxy) is 2. The van der Waals surface area contributed by atoms with Crippen LogP contribution in [0.3, 0.4) is 0 Å². The summed E-state index contributed by atoms with van der Waals surface area (Å²) in [5.41, 5.74) is 3.16. The zero-order valence-corrected chi connectivity index (χ0v) is 21.0. The fraction of sp³-hybridized carbons (Fsp3) is 0.500. The van der Waals surface area contributed by atoms with E-state index in [4.69, 9.17) is 9.47 Å². The summed E-state index contributed by atoms with van der Waals surface area (Å²) in [6.45, 7) is 9.28. The fourth-order valence-corrected chi connectivity index (χ4v) is 3.88. The van der Waals surface area contributed by atoms with Crippen molar-refractivity contribution in [2.24, 2.45) is 0 Å².